The van der Waals surface area contributed by atoms with Gasteiger partial charge < -0.3 is 20.0 Å². The summed E-state index contributed by atoms with van der Waals surface area (Å²) in [5, 5.41) is 10.0. The lowest BCUT2D eigenvalue weighted by molar-refractivity contribution is 0.572. The van der Waals surface area contributed by atoms with Crippen molar-refractivity contribution in [3.8, 4) is 11.5 Å². The molecule has 3 heterocycles. The summed E-state index contributed by atoms with van der Waals surface area (Å²) in [6, 6.07) is 8.16. The normalized spacial score (nSPS) is 14.3. The Balaban J connectivity index is 1.29. The fraction of sp³-hybridized carbons (Fsp3) is 0.435. The molecule has 0 amide bonds. The lowest BCUT2D eigenvalue weighted by atomic mass is 10.1. The Morgan fingerprint density at radius 2 is 1.94 bits per heavy atom. The first-order valence-electron chi connectivity index (χ1n) is 10.9. The largest absolute Gasteiger partial charge is 0.444 e. The number of nitrogens with one attached hydrogen (secondary N) is 2. The van der Waals surface area contributed by atoms with E-state index in [4.69, 9.17) is 9.40 Å². The summed E-state index contributed by atoms with van der Waals surface area (Å²) >= 11 is 1.75. The number of rotatable bonds is 8. The van der Waals surface area contributed by atoms with Crippen LogP contribution in [0.25, 0.3) is 11.5 Å². The fourth-order valence-electron chi connectivity index (χ4n) is 3.48. The number of aryl methyl sites for hydroxylation is 1. The van der Waals surface area contributed by atoms with Gasteiger partial charge in [0.1, 0.15) is 12.0 Å². The van der Waals surface area contributed by atoms with E-state index in [1.807, 2.05) is 12.1 Å². The van der Waals surface area contributed by atoms with E-state index in [1.165, 1.54) is 18.4 Å². The number of hydrogen-bond acceptors (Lipinski definition) is 6. The number of aliphatic imine (C=N–C) groups is 1. The van der Waals surface area contributed by atoms with Crippen molar-refractivity contribution in [2.24, 2.45) is 4.99 Å². The molecule has 1 saturated heterocycles. The Morgan fingerprint density at radius 3 is 2.71 bits per heavy atom. The van der Waals surface area contributed by atoms with Gasteiger partial charge in [0.25, 0.3) is 0 Å². The minimum Gasteiger partial charge on any atom is -0.444 e. The summed E-state index contributed by atoms with van der Waals surface area (Å²) in [5.41, 5.74) is 4.13. The molecule has 0 atom stereocenters. The molecule has 164 valence electrons. The van der Waals surface area contributed by atoms with E-state index in [0.29, 0.717) is 12.4 Å². The van der Waals surface area contributed by atoms with Gasteiger partial charge >= 0.3 is 0 Å². The molecule has 1 aliphatic rings. The molecule has 0 aliphatic carbocycles. The maximum absolute atomic E-state index is 5.63. The number of benzene rings is 1. The van der Waals surface area contributed by atoms with Crippen LogP contribution in [0.5, 0.6) is 0 Å². The van der Waals surface area contributed by atoms with Gasteiger partial charge in [0.15, 0.2) is 11.1 Å². The SMILES string of the molecule is CCNC(=NCc1coc(-c2ccc(C)cc2)n1)NCCc1csc(N2CCCC2)n1. The third kappa shape index (κ3) is 5.85. The zero-order valence-electron chi connectivity index (χ0n) is 18.2. The first-order valence-corrected chi connectivity index (χ1v) is 11.8. The van der Waals surface area contributed by atoms with E-state index < -0.39 is 0 Å². The average Bonchev–Trinajstić information content (AvgIpc) is 3.54. The number of thiazole rings is 1. The van der Waals surface area contributed by atoms with Crippen LogP contribution in [0.1, 0.15) is 36.7 Å². The second-order valence-electron chi connectivity index (χ2n) is 7.70. The molecule has 3 aromatic rings. The maximum Gasteiger partial charge on any atom is 0.226 e. The van der Waals surface area contributed by atoms with E-state index in [0.717, 1.165) is 60.6 Å². The number of nitrogens with zero attached hydrogens (tertiary/aromatic N) is 4. The van der Waals surface area contributed by atoms with Crippen LogP contribution in [0.3, 0.4) is 0 Å². The lowest BCUT2D eigenvalue weighted by Gasteiger charge is -2.12. The molecule has 2 N–H and O–H groups in total. The van der Waals surface area contributed by atoms with Crippen LogP contribution >= 0.6 is 11.3 Å². The molecular formula is C23H30N6OS. The summed E-state index contributed by atoms with van der Waals surface area (Å²) in [5.74, 6) is 1.40. The van der Waals surface area contributed by atoms with Crippen LogP contribution in [0.2, 0.25) is 0 Å². The van der Waals surface area contributed by atoms with Gasteiger partial charge in [0.2, 0.25) is 5.89 Å². The van der Waals surface area contributed by atoms with Crippen LogP contribution in [-0.4, -0.2) is 42.1 Å². The summed E-state index contributed by atoms with van der Waals surface area (Å²) < 4.78 is 5.63. The predicted molar refractivity (Wildman–Crippen MR) is 127 cm³/mol. The van der Waals surface area contributed by atoms with Crippen molar-refractivity contribution in [1.82, 2.24) is 20.6 Å². The molecule has 1 aromatic carbocycles. The Hall–Kier alpha value is -2.87. The van der Waals surface area contributed by atoms with Crippen LogP contribution in [0.15, 0.2) is 45.3 Å². The molecule has 0 radical (unpaired) electrons. The number of aromatic nitrogens is 2. The first-order chi connectivity index (χ1) is 15.2. The molecule has 8 heteroatoms. The highest BCUT2D eigenvalue weighted by Gasteiger charge is 2.15. The molecule has 0 bridgehead atoms. The molecule has 4 rings (SSSR count). The predicted octanol–water partition coefficient (Wildman–Crippen LogP) is 4.00. The van der Waals surface area contributed by atoms with Crippen molar-refractivity contribution >= 4 is 22.4 Å². The molecule has 1 aliphatic heterocycles. The van der Waals surface area contributed by atoms with Crippen molar-refractivity contribution in [3.05, 3.63) is 52.9 Å². The molecule has 2 aromatic heterocycles. The highest BCUT2D eigenvalue weighted by Crippen LogP contribution is 2.24. The third-order valence-corrected chi connectivity index (χ3v) is 6.13. The Labute approximate surface area is 187 Å². The van der Waals surface area contributed by atoms with Crippen LogP contribution in [0.4, 0.5) is 5.13 Å². The average molecular weight is 439 g/mol. The molecule has 7 nitrogen and oxygen atoms in total. The fourth-order valence-corrected chi connectivity index (χ4v) is 4.40. The van der Waals surface area contributed by atoms with Crippen molar-refractivity contribution in [2.45, 2.75) is 39.7 Å². The quantitative estimate of drug-likeness (QED) is 0.409. The monoisotopic (exact) mass is 438 g/mol. The van der Waals surface area contributed by atoms with Gasteiger partial charge in [-0.05, 0) is 38.8 Å². The number of hydrogen-bond donors (Lipinski definition) is 2. The van der Waals surface area contributed by atoms with Crippen molar-refractivity contribution in [3.63, 3.8) is 0 Å². The van der Waals surface area contributed by atoms with Gasteiger partial charge in [-0.1, -0.05) is 17.7 Å². The van der Waals surface area contributed by atoms with E-state index in [2.05, 4.69) is 56.9 Å². The van der Waals surface area contributed by atoms with E-state index >= 15 is 0 Å². The molecule has 0 unspecified atom stereocenters. The standard InChI is InChI=1S/C23H30N6OS/c1-3-24-22(25-11-10-19-16-31-23(28-19)29-12-4-5-13-29)26-14-20-15-30-21(27-20)18-8-6-17(2)7-9-18/h6-9,15-16H,3-5,10-14H2,1-2H3,(H2,24,25,26). The van der Waals surface area contributed by atoms with Gasteiger partial charge in [-0.15, -0.1) is 11.3 Å². The third-order valence-electron chi connectivity index (χ3n) is 5.18. The topological polar surface area (TPSA) is 78.6 Å². The van der Waals surface area contributed by atoms with E-state index in [1.54, 1.807) is 17.6 Å². The van der Waals surface area contributed by atoms with Gasteiger partial charge in [-0.25, -0.2) is 15.0 Å². The molecule has 0 saturated carbocycles. The van der Waals surface area contributed by atoms with E-state index in [9.17, 15) is 0 Å². The van der Waals surface area contributed by atoms with Crippen molar-refractivity contribution in [2.75, 3.05) is 31.1 Å². The Kier molecular flexibility index (Phi) is 7.19. The number of anilines is 1. The summed E-state index contributed by atoms with van der Waals surface area (Å²) in [7, 11) is 0. The summed E-state index contributed by atoms with van der Waals surface area (Å²) in [4.78, 5) is 16.4. The van der Waals surface area contributed by atoms with Crippen molar-refractivity contribution in [1.29, 1.82) is 0 Å². The smallest absolute Gasteiger partial charge is 0.226 e. The highest BCUT2D eigenvalue weighted by atomic mass is 32.1. The minimum atomic E-state index is 0.459. The highest BCUT2D eigenvalue weighted by molar-refractivity contribution is 7.13. The zero-order chi connectivity index (χ0) is 21.5. The molecule has 1 fully saturated rings. The summed E-state index contributed by atoms with van der Waals surface area (Å²) in [6.07, 6.45) is 5.10. The van der Waals surface area contributed by atoms with Gasteiger partial charge in [-0.2, -0.15) is 0 Å². The zero-order valence-corrected chi connectivity index (χ0v) is 19.0. The summed E-state index contributed by atoms with van der Waals surface area (Å²) in [6.45, 7) is 8.44. The van der Waals surface area contributed by atoms with Gasteiger partial charge in [0.05, 0.1) is 12.2 Å². The minimum absolute atomic E-state index is 0.459. The van der Waals surface area contributed by atoms with Crippen LogP contribution < -0.4 is 15.5 Å². The van der Waals surface area contributed by atoms with E-state index in [-0.39, 0.29) is 0 Å². The second-order valence-corrected chi connectivity index (χ2v) is 8.53. The van der Waals surface area contributed by atoms with Crippen molar-refractivity contribution < 1.29 is 4.42 Å². The lowest BCUT2D eigenvalue weighted by Crippen LogP contribution is -2.38. The molecular weight excluding hydrogens is 408 g/mol. The van der Waals surface area contributed by atoms with Crippen LogP contribution in [-0.2, 0) is 13.0 Å². The molecule has 0 spiro atoms. The number of oxazole rings is 1. The number of guanidine groups is 1. The second kappa shape index (κ2) is 10.4. The maximum atomic E-state index is 5.63. The Morgan fingerprint density at radius 1 is 1.13 bits per heavy atom. The van der Waals surface area contributed by atoms with Crippen LogP contribution in [0, 0.1) is 6.92 Å². The first kappa shape index (κ1) is 21.4. The van der Waals surface area contributed by atoms with Gasteiger partial charge in [0, 0.05) is 43.5 Å². The Bertz CT molecular complexity index is 988. The van der Waals surface area contributed by atoms with Gasteiger partial charge in [-0.3, -0.25) is 0 Å². The molecule has 31 heavy (non-hydrogen) atoms.